The number of hydrogen-bond donors (Lipinski definition) is 2. The number of dihydropyridines is 1. The molecule has 1 unspecified atom stereocenters. The van der Waals surface area contributed by atoms with Crippen LogP contribution in [0.4, 0.5) is 0 Å². The summed E-state index contributed by atoms with van der Waals surface area (Å²) >= 11 is 0. The zero-order valence-corrected chi connectivity index (χ0v) is 9.60. The van der Waals surface area contributed by atoms with Crippen molar-refractivity contribution >= 4 is 17.4 Å². The summed E-state index contributed by atoms with van der Waals surface area (Å²) in [5.41, 5.74) is 14.1. The van der Waals surface area contributed by atoms with Crippen molar-refractivity contribution in [3.05, 3.63) is 22.9 Å². The molecule has 0 fully saturated rings. The highest BCUT2D eigenvalue weighted by molar-refractivity contribution is 6.25. The van der Waals surface area contributed by atoms with Crippen LogP contribution in [0.15, 0.2) is 38.1 Å². The molecular formula is C11H12N6. The zero-order chi connectivity index (χ0) is 12.6. The molecule has 2 aliphatic rings. The van der Waals surface area contributed by atoms with Gasteiger partial charge in [-0.05, 0) is 25.5 Å². The lowest BCUT2D eigenvalue weighted by Crippen LogP contribution is -2.26. The second-order valence-corrected chi connectivity index (χ2v) is 3.93. The Bertz CT molecular complexity index is 547. The Labute approximate surface area is 98.7 Å². The summed E-state index contributed by atoms with van der Waals surface area (Å²) in [5, 5.41) is 16.6. The maximum atomic E-state index is 9.20. The lowest BCUT2D eigenvalue weighted by Gasteiger charge is -2.18. The summed E-state index contributed by atoms with van der Waals surface area (Å²) in [6.07, 6.45) is 1.87. The standard InChI is InChI=1S/C11H12N6/c1-5-3-6(2)15-9(7(5)4-12)8-10(13)16-17-11(8)14/h3,7H,1-2H3,(H2,13,16)(H2,14,17). The van der Waals surface area contributed by atoms with E-state index in [-0.39, 0.29) is 11.7 Å². The predicted octanol–water partition coefficient (Wildman–Crippen LogP) is 0.444. The van der Waals surface area contributed by atoms with Gasteiger partial charge in [-0.25, -0.2) is 0 Å². The second-order valence-electron chi connectivity index (χ2n) is 3.93. The van der Waals surface area contributed by atoms with Gasteiger partial charge < -0.3 is 11.5 Å². The number of allylic oxidation sites excluding steroid dienone is 2. The van der Waals surface area contributed by atoms with E-state index < -0.39 is 5.92 Å². The van der Waals surface area contributed by atoms with Gasteiger partial charge in [0.1, 0.15) is 5.92 Å². The Morgan fingerprint density at radius 2 is 1.82 bits per heavy atom. The molecule has 86 valence electrons. The Balaban J connectivity index is 2.63. The van der Waals surface area contributed by atoms with Crippen molar-refractivity contribution in [3.8, 4) is 6.07 Å². The van der Waals surface area contributed by atoms with E-state index in [4.69, 9.17) is 11.5 Å². The van der Waals surface area contributed by atoms with Crippen LogP contribution in [0, 0.1) is 17.2 Å². The summed E-state index contributed by atoms with van der Waals surface area (Å²) in [5.74, 6) is -0.0256. The van der Waals surface area contributed by atoms with Crippen molar-refractivity contribution in [1.29, 1.82) is 5.26 Å². The third-order valence-corrected chi connectivity index (χ3v) is 2.63. The van der Waals surface area contributed by atoms with Crippen molar-refractivity contribution in [2.45, 2.75) is 13.8 Å². The van der Waals surface area contributed by atoms with Crippen LogP contribution in [-0.2, 0) is 0 Å². The number of hydrogen-bond acceptors (Lipinski definition) is 6. The topological polar surface area (TPSA) is 113 Å². The molecule has 0 aromatic heterocycles. The average Bonchev–Trinajstić information content (AvgIpc) is 2.57. The minimum absolute atomic E-state index is 0.212. The molecule has 2 aliphatic heterocycles. The maximum absolute atomic E-state index is 9.20. The van der Waals surface area contributed by atoms with Gasteiger partial charge in [-0.3, -0.25) is 4.99 Å². The molecule has 0 saturated heterocycles. The molecule has 0 bridgehead atoms. The van der Waals surface area contributed by atoms with E-state index >= 15 is 0 Å². The van der Waals surface area contributed by atoms with E-state index in [0.29, 0.717) is 11.3 Å². The summed E-state index contributed by atoms with van der Waals surface area (Å²) in [4.78, 5) is 4.34. The van der Waals surface area contributed by atoms with E-state index in [0.717, 1.165) is 11.3 Å². The predicted molar refractivity (Wildman–Crippen MR) is 66.2 cm³/mol. The second kappa shape index (κ2) is 3.87. The number of amidine groups is 2. The Morgan fingerprint density at radius 1 is 1.24 bits per heavy atom. The van der Waals surface area contributed by atoms with Crippen molar-refractivity contribution in [2.75, 3.05) is 0 Å². The SMILES string of the molecule is CC1=CC(C)=NC(=C2C(N)=NN=C2N)C1C#N. The molecule has 0 saturated carbocycles. The van der Waals surface area contributed by atoms with E-state index in [2.05, 4.69) is 21.3 Å². The molecule has 0 radical (unpaired) electrons. The highest BCUT2D eigenvalue weighted by Gasteiger charge is 2.28. The van der Waals surface area contributed by atoms with Gasteiger partial charge in [-0.2, -0.15) is 5.26 Å². The van der Waals surface area contributed by atoms with E-state index in [1.165, 1.54) is 0 Å². The molecular weight excluding hydrogens is 216 g/mol. The van der Waals surface area contributed by atoms with Crippen LogP contribution in [0.5, 0.6) is 0 Å². The normalized spacial score (nSPS) is 23.7. The molecule has 2 heterocycles. The first-order valence-electron chi connectivity index (χ1n) is 5.09. The summed E-state index contributed by atoms with van der Waals surface area (Å²) in [7, 11) is 0. The fourth-order valence-electron chi connectivity index (χ4n) is 1.88. The number of rotatable bonds is 0. The minimum atomic E-state index is -0.450. The molecule has 1 atom stereocenters. The maximum Gasteiger partial charge on any atom is 0.159 e. The number of nitrogens with two attached hydrogens (primary N) is 2. The molecule has 6 nitrogen and oxygen atoms in total. The van der Waals surface area contributed by atoms with Crippen LogP contribution >= 0.6 is 0 Å². The Hall–Kier alpha value is -2.42. The van der Waals surface area contributed by atoms with Crippen LogP contribution in [0.3, 0.4) is 0 Å². The molecule has 0 aromatic carbocycles. The van der Waals surface area contributed by atoms with E-state index in [1.54, 1.807) is 0 Å². The van der Waals surface area contributed by atoms with Crippen LogP contribution in [0.25, 0.3) is 0 Å². The first kappa shape index (κ1) is 11.1. The molecule has 0 amide bonds. The molecule has 0 aliphatic carbocycles. The minimum Gasteiger partial charge on any atom is -0.382 e. The fraction of sp³-hybridized carbons (Fsp3) is 0.273. The van der Waals surface area contributed by atoms with Gasteiger partial charge in [0.2, 0.25) is 0 Å². The summed E-state index contributed by atoms with van der Waals surface area (Å²) in [6, 6.07) is 2.19. The fourth-order valence-corrected chi connectivity index (χ4v) is 1.88. The highest BCUT2D eigenvalue weighted by atomic mass is 15.3. The number of aliphatic imine (C=N–C) groups is 1. The third kappa shape index (κ3) is 1.72. The average molecular weight is 228 g/mol. The van der Waals surface area contributed by atoms with Gasteiger partial charge >= 0.3 is 0 Å². The molecule has 2 rings (SSSR count). The van der Waals surface area contributed by atoms with Gasteiger partial charge in [-0.15, -0.1) is 10.2 Å². The van der Waals surface area contributed by atoms with Crippen LogP contribution < -0.4 is 11.5 Å². The molecule has 0 aromatic rings. The van der Waals surface area contributed by atoms with E-state index in [9.17, 15) is 5.26 Å². The Morgan fingerprint density at radius 3 is 2.35 bits per heavy atom. The molecule has 0 spiro atoms. The number of nitrogens with zero attached hydrogens (tertiary/aromatic N) is 4. The van der Waals surface area contributed by atoms with Crippen molar-refractivity contribution in [1.82, 2.24) is 0 Å². The zero-order valence-electron chi connectivity index (χ0n) is 9.60. The molecule has 6 heteroatoms. The van der Waals surface area contributed by atoms with Crippen molar-refractivity contribution in [2.24, 2.45) is 32.6 Å². The lowest BCUT2D eigenvalue weighted by molar-refractivity contribution is 0.875. The lowest BCUT2D eigenvalue weighted by atomic mass is 9.91. The Kier molecular flexibility index (Phi) is 2.52. The van der Waals surface area contributed by atoms with Crippen molar-refractivity contribution < 1.29 is 0 Å². The number of nitriles is 1. The first-order chi connectivity index (χ1) is 8.04. The first-order valence-corrected chi connectivity index (χ1v) is 5.09. The highest BCUT2D eigenvalue weighted by Crippen LogP contribution is 2.29. The van der Waals surface area contributed by atoms with E-state index in [1.807, 2.05) is 19.9 Å². The van der Waals surface area contributed by atoms with Gasteiger partial charge in [-0.1, -0.05) is 0 Å². The van der Waals surface area contributed by atoms with Crippen LogP contribution in [0.1, 0.15) is 13.8 Å². The monoisotopic (exact) mass is 228 g/mol. The van der Waals surface area contributed by atoms with Crippen LogP contribution in [0.2, 0.25) is 0 Å². The van der Waals surface area contributed by atoms with Crippen LogP contribution in [-0.4, -0.2) is 17.4 Å². The smallest absolute Gasteiger partial charge is 0.159 e. The summed E-state index contributed by atoms with van der Waals surface area (Å²) in [6.45, 7) is 3.73. The van der Waals surface area contributed by atoms with Gasteiger partial charge in [0.15, 0.2) is 11.7 Å². The van der Waals surface area contributed by atoms with Gasteiger partial charge in [0, 0.05) is 5.71 Å². The van der Waals surface area contributed by atoms with Crippen molar-refractivity contribution in [3.63, 3.8) is 0 Å². The third-order valence-electron chi connectivity index (χ3n) is 2.63. The molecule has 4 N–H and O–H groups in total. The largest absolute Gasteiger partial charge is 0.382 e. The molecule has 17 heavy (non-hydrogen) atoms. The van der Waals surface area contributed by atoms with Gasteiger partial charge in [0.25, 0.3) is 0 Å². The summed E-state index contributed by atoms with van der Waals surface area (Å²) < 4.78 is 0. The van der Waals surface area contributed by atoms with Gasteiger partial charge in [0.05, 0.1) is 17.3 Å². The quantitative estimate of drug-likeness (QED) is 0.627.